The molecule has 0 radical (unpaired) electrons. The topological polar surface area (TPSA) is 61.1 Å². The van der Waals surface area contributed by atoms with Crippen molar-refractivity contribution in [2.45, 2.75) is 25.4 Å². The van der Waals surface area contributed by atoms with E-state index in [2.05, 4.69) is 6.07 Å². The maximum absolute atomic E-state index is 10.7. The van der Waals surface area contributed by atoms with Crippen LogP contribution in [0, 0.1) is 16.7 Å². The number of nitrogens with zero attached hydrogens (tertiary/aromatic N) is 1. The minimum absolute atomic E-state index is 0.458. The molecule has 0 fully saturated rings. The molecule has 0 aliphatic heterocycles. The zero-order valence-corrected chi connectivity index (χ0v) is 8.89. The van der Waals surface area contributed by atoms with Crippen molar-refractivity contribution < 1.29 is 9.90 Å². The van der Waals surface area contributed by atoms with Crippen LogP contribution >= 0.6 is 0 Å². The molecule has 0 aromatic heterocycles. The second kappa shape index (κ2) is 4.07. The molecule has 16 heavy (non-hydrogen) atoms. The van der Waals surface area contributed by atoms with Crippen LogP contribution in [-0.4, -0.2) is 17.5 Å². The zero-order valence-electron chi connectivity index (χ0n) is 8.89. The van der Waals surface area contributed by atoms with Crippen molar-refractivity contribution >= 4 is 6.29 Å². The summed E-state index contributed by atoms with van der Waals surface area (Å²) in [6.07, 6.45) is 1.03. The first-order valence-corrected chi connectivity index (χ1v) is 5.33. The predicted molar refractivity (Wildman–Crippen MR) is 58.6 cm³/mol. The highest BCUT2D eigenvalue weighted by atomic mass is 16.3. The van der Waals surface area contributed by atoms with Crippen LogP contribution < -0.4 is 0 Å². The number of aldehydes is 1. The SMILES string of the molecule is N#CC1(C(O)C=O)CCc2ccccc2C1. The Bertz CT molecular complexity index is 449. The zero-order chi connectivity index (χ0) is 11.6. The molecule has 3 heteroatoms. The summed E-state index contributed by atoms with van der Waals surface area (Å²) in [7, 11) is 0. The lowest BCUT2D eigenvalue weighted by atomic mass is 9.69. The van der Waals surface area contributed by atoms with Crippen LogP contribution in [0.15, 0.2) is 24.3 Å². The third-order valence-corrected chi connectivity index (χ3v) is 3.38. The molecule has 2 atom stereocenters. The monoisotopic (exact) mass is 215 g/mol. The summed E-state index contributed by atoms with van der Waals surface area (Å²) in [6.45, 7) is 0. The average molecular weight is 215 g/mol. The van der Waals surface area contributed by atoms with E-state index in [1.54, 1.807) is 0 Å². The van der Waals surface area contributed by atoms with Gasteiger partial charge >= 0.3 is 0 Å². The van der Waals surface area contributed by atoms with E-state index in [-0.39, 0.29) is 0 Å². The summed E-state index contributed by atoms with van der Waals surface area (Å²) in [4.78, 5) is 10.7. The summed E-state index contributed by atoms with van der Waals surface area (Å²) < 4.78 is 0. The summed E-state index contributed by atoms with van der Waals surface area (Å²) in [5.41, 5.74) is 1.35. The van der Waals surface area contributed by atoms with Gasteiger partial charge in [-0.3, -0.25) is 0 Å². The Morgan fingerprint density at radius 1 is 1.44 bits per heavy atom. The van der Waals surface area contributed by atoms with Crippen molar-refractivity contribution in [3.63, 3.8) is 0 Å². The quantitative estimate of drug-likeness (QED) is 0.755. The van der Waals surface area contributed by atoms with Crippen molar-refractivity contribution in [3.8, 4) is 6.07 Å². The molecule has 82 valence electrons. The first-order chi connectivity index (χ1) is 7.72. The molecular formula is C13H13NO2. The Labute approximate surface area is 94.3 Å². The number of carbonyl (C=O) groups is 1. The van der Waals surface area contributed by atoms with Crippen LogP contribution in [0.1, 0.15) is 17.5 Å². The first-order valence-electron chi connectivity index (χ1n) is 5.33. The number of fused-ring (bicyclic) bond motifs is 1. The van der Waals surface area contributed by atoms with Gasteiger partial charge in [0.15, 0.2) is 0 Å². The molecule has 2 rings (SSSR count). The fourth-order valence-corrected chi connectivity index (χ4v) is 2.30. The number of carbonyl (C=O) groups excluding carboxylic acids is 1. The number of aliphatic hydroxyl groups is 1. The molecule has 1 aliphatic rings. The van der Waals surface area contributed by atoms with E-state index in [1.165, 1.54) is 5.56 Å². The highest BCUT2D eigenvalue weighted by Crippen LogP contribution is 2.37. The Hall–Kier alpha value is -1.66. The van der Waals surface area contributed by atoms with Gasteiger partial charge in [-0.1, -0.05) is 24.3 Å². The molecule has 1 aromatic rings. The maximum Gasteiger partial charge on any atom is 0.150 e. The summed E-state index contributed by atoms with van der Waals surface area (Å²) in [5.74, 6) is 0. The maximum atomic E-state index is 10.7. The number of rotatable bonds is 2. The largest absolute Gasteiger partial charge is 0.384 e. The molecule has 0 bridgehead atoms. The number of hydrogen-bond acceptors (Lipinski definition) is 3. The van der Waals surface area contributed by atoms with Crippen molar-refractivity contribution in [1.82, 2.24) is 0 Å². The number of aliphatic hydroxyl groups excluding tert-OH is 1. The molecule has 2 unspecified atom stereocenters. The molecule has 1 aromatic carbocycles. The highest BCUT2D eigenvalue weighted by Gasteiger charge is 2.41. The van der Waals surface area contributed by atoms with Crippen molar-refractivity contribution in [1.29, 1.82) is 5.26 Å². The van der Waals surface area contributed by atoms with E-state index in [0.29, 0.717) is 19.1 Å². The van der Waals surface area contributed by atoms with Gasteiger partial charge in [-0.15, -0.1) is 0 Å². The third-order valence-electron chi connectivity index (χ3n) is 3.38. The molecular weight excluding hydrogens is 202 g/mol. The van der Waals surface area contributed by atoms with Gasteiger partial charge in [-0.05, 0) is 30.4 Å². The van der Waals surface area contributed by atoms with Gasteiger partial charge < -0.3 is 9.90 Å². The van der Waals surface area contributed by atoms with Gasteiger partial charge in [0.2, 0.25) is 0 Å². The molecule has 0 heterocycles. The molecule has 3 nitrogen and oxygen atoms in total. The predicted octanol–water partition coefficient (Wildman–Crippen LogP) is 1.25. The van der Waals surface area contributed by atoms with Crippen molar-refractivity contribution in [2.24, 2.45) is 5.41 Å². The van der Waals surface area contributed by atoms with Crippen molar-refractivity contribution in [3.05, 3.63) is 35.4 Å². The Morgan fingerprint density at radius 2 is 2.12 bits per heavy atom. The summed E-state index contributed by atoms with van der Waals surface area (Å²) in [5, 5.41) is 18.9. The van der Waals surface area contributed by atoms with Gasteiger partial charge in [-0.25, -0.2) is 0 Å². The number of nitriles is 1. The molecule has 0 amide bonds. The molecule has 0 spiro atoms. The normalized spacial score (nSPS) is 25.2. The number of aryl methyl sites for hydroxylation is 1. The van der Waals surface area contributed by atoms with E-state index in [0.717, 1.165) is 12.0 Å². The van der Waals surface area contributed by atoms with E-state index in [4.69, 9.17) is 0 Å². The lowest BCUT2D eigenvalue weighted by molar-refractivity contribution is -0.119. The summed E-state index contributed by atoms with van der Waals surface area (Å²) in [6, 6.07) is 10.00. The smallest absolute Gasteiger partial charge is 0.150 e. The number of benzene rings is 1. The first kappa shape index (κ1) is 10.8. The molecule has 1 aliphatic carbocycles. The molecule has 1 N–H and O–H groups in total. The van der Waals surface area contributed by atoms with Crippen LogP contribution in [0.4, 0.5) is 0 Å². The van der Waals surface area contributed by atoms with E-state index in [1.807, 2.05) is 24.3 Å². The van der Waals surface area contributed by atoms with Gasteiger partial charge in [-0.2, -0.15) is 5.26 Å². The minimum atomic E-state index is -1.19. The van der Waals surface area contributed by atoms with Crippen LogP contribution in [0.5, 0.6) is 0 Å². The fraction of sp³-hybridized carbons (Fsp3) is 0.385. The van der Waals surface area contributed by atoms with Gasteiger partial charge in [0.1, 0.15) is 12.4 Å². The molecule has 0 saturated carbocycles. The Morgan fingerprint density at radius 3 is 2.75 bits per heavy atom. The van der Waals surface area contributed by atoms with Gasteiger partial charge in [0, 0.05) is 0 Å². The second-order valence-corrected chi connectivity index (χ2v) is 4.29. The second-order valence-electron chi connectivity index (χ2n) is 4.29. The minimum Gasteiger partial charge on any atom is -0.384 e. The number of hydrogen-bond donors (Lipinski definition) is 1. The Kier molecular flexibility index (Phi) is 2.76. The van der Waals surface area contributed by atoms with Crippen LogP contribution in [0.3, 0.4) is 0 Å². The van der Waals surface area contributed by atoms with E-state index < -0.39 is 11.5 Å². The van der Waals surface area contributed by atoms with Gasteiger partial charge in [0.25, 0.3) is 0 Å². The van der Waals surface area contributed by atoms with Crippen molar-refractivity contribution in [2.75, 3.05) is 0 Å². The highest BCUT2D eigenvalue weighted by molar-refractivity contribution is 5.59. The average Bonchev–Trinajstić information content (AvgIpc) is 2.37. The van der Waals surface area contributed by atoms with E-state index in [9.17, 15) is 15.2 Å². The third kappa shape index (κ3) is 1.62. The lowest BCUT2D eigenvalue weighted by Gasteiger charge is -2.33. The van der Waals surface area contributed by atoms with Crippen LogP contribution in [0.25, 0.3) is 0 Å². The van der Waals surface area contributed by atoms with Gasteiger partial charge in [0.05, 0.1) is 11.5 Å². The summed E-state index contributed by atoms with van der Waals surface area (Å²) >= 11 is 0. The van der Waals surface area contributed by atoms with E-state index >= 15 is 0 Å². The fourth-order valence-electron chi connectivity index (χ4n) is 2.30. The molecule has 0 saturated heterocycles. The standard InChI is InChI=1S/C13H13NO2/c14-9-13(12(16)8-15)6-5-10-3-1-2-4-11(10)7-13/h1-4,8,12,16H,5-7H2. The lowest BCUT2D eigenvalue weighted by Crippen LogP contribution is -2.40. The van der Waals surface area contributed by atoms with Crippen LogP contribution in [-0.2, 0) is 17.6 Å². The Balaban J connectivity index is 2.36. The van der Waals surface area contributed by atoms with Crippen LogP contribution in [0.2, 0.25) is 0 Å².